The third kappa shape index (κ3) is 2.33. The standard InChI is InChI=1S/C19H17N5S/c1-23-12-22-15-9-24(8-7-16(15)23)18-17-14(13-5-3-2-4-6-13)10-25-19(17)21-11-20-18/h2-6,10-12H,7-9H2,1H3. The topological polar surface area (TPSA) is 46.8 Å². The van der Waals surface area contributed by atoms with Crippen LogP contribution in [0.2, 0.25) is 0 Å². The molecule has 0 saturated carbocycles. The highest BCUT2D eigenvalue weighted by Gasteiger charge is 2.24. The van der Waals surface area contributed by atoms with Crippen molar-refractivity contribution in [3.63, 3.8) is 0 Å². The molecule has 0 atom stereocenters. The highest BCUT2D eigenvalue weighted by molar-refractivity contribution is 7.17. The van der Waals surface area contributed by atoms with Gasteiger partial charge in [0.15, 0.2) is 0 Å². The van der Waals surface area contributed by atoms with Gasteiger partial charge in [-0.25, -0.2) is 15.0 Å². The molecule has 25 heavy (non-hydrogen) atoms. The van der Waals surface area contributed by atoms with Crippen molar-refractivity contribution >= 4 is 27.4 Å². The molecule has 0 fully saturated rings. The summed E-state index contributed by atoms with van der Waals surface area (Å²) in [6, 6.07) is 10.5. The van der Waals surface area contributed by atoms with E-state index in [1.54, 1.807) is 17.7 Å². The van der Waals surface area contributed by atoms with Crippen LogP contribution >= 0.6 is 11.3 Å². The number of aromatic nitrogens is 4. The first-order valence-corrected chi connectivity index (χ1v) is 9.21. The van der Waals surface area contributed by atoms with E-state index in [1.165, 1.54) is 16.8 Å². The van der Waals surface area contributed by atoms with Gasteiger partial charge in [0.25, 0.3) is 0 Å². The molecule has 0 radical (unpaired) electrons. The Bertz CT molecular complexity index is 1050. The summed E-state index contributed by atoms with van der Waals surface area (Å²) in [7, 11) is 2.07. The molecule has 0 bridgehead atoms. The average molecular weight is 347 g/mol. The summed E-state index contributed by atoms with van der Waals surface area (Å²) in [6.07, 6.45) is 4.57. The second kappa shape index (κ2) is 5.67. The normalized spacial score (nSPS) is 14.0. The zero-order valence-corrected chi connectivity index (χ0v) is 14.7. The van der Waals surface area contributed by atoms with Crippen LogP contribution < -0.4 is 4.90 Å². The minimum atomic E-state index is 0.798. The fourth-order valence-corrected chi connectivity index (χ4v) is 4.48. The predicted octanol–water partition coefficient (Wildman–Crippen LogP) is 3.65. The molecule has 0 N–H and O–H groups in total. The fourth-order valence-electron chi connectivity index (χ4n) is 3.57. The molecule has 1 aliphatic rings. The van der Waals surface area contributed by atoms with E-state index in [-0.39, 0.29) is 0 Å². The highest BCUT2D eigenvalue weighted by Crippen LogP contribution is 2.38. The molecule has 3 aromatic heterocycles. The molecule has 0 aliphatic carbocycles. The largest absolute Gasteiger partial charge is 0.350 e. The van der Waals surface area contributed by atoms with Crippen molar-refractivity contribution in [3.05, 3.63) is 59.8 Å². The Kier molecular flexibility index (Phi) is 3.31. The Morgan fingerprint density at radius 1 is 1.08 bits per heavy atom. The number of benzene rings is 1. The van der Waals surface area contributed by atoms with Crippen LogP contribution in [0.15, 0.2) is 48.4 Å². The second-order valence-electron chi connectivity index (χ2n) is 6.31. The van der Waals surface area contributed by atoms with Crippen molar-refractivity contribution in [2.45, 2.75) is 13.0 Å². The number of nitrogens with zero attached hydrogens (tertiary/aromatic N) is 5. The quantitative estimate of drug-likeness (QED) is 0.555. The number of hydrogen-bond donors (Lipinski definition) is 0. The monoisotopic (exact) mass is 347 g/mol. The SMILES string of the molecule is Cn1cnc2c1CCN(c1ncnc3scc(-c4ccccc4)c13)C2. The van der Waals surface area contributed by atoms with Gasteiger partial charge in [0, 0.05) is 36.7 Å². The predicted molar refractivity (Wildman–Crippen MR) is 101 cm³/mol. The van der Waals surface area contributed by atoms with E-state index in [0.717, 1.165) is 41.2 Å². The maximum atomic E-state index is 4.66. The molecule has 5 nitrogen and oxygen atoms in total. The molecule has 0 spiro atoms. The molecule has 6 heteroatoms. The van der Waals surface area contributed by atoms with E-state index >= 15 is 0 Å². The van der Waals surface area contributed by atoms with Crippen LogP contribution in [-0.4, -0.2) is 26.1 Å². The summed E-state index contributed by atoms with van der Waals surface area (Å²) >= 11 is 1.68. The van der Waals surface area contributed by atoms with Gasteiger partial charge in [-0.3, -0.25) is 0 Å². The van der Waals surface area contributed by atoms with Crippen molar-refractivity contribution in [1.82, 2.24) is 19.5 Å². The number of fused-ring (bicyclic) bond motifs is 2. The summed E-state index contributed by atoms with van der Waals surface area (Å²) in [5, 5.41) is 3.34. The molecule has 124 valence electrons. The van der Waals surface area contributed by atoms with Crippen molar-refractivity contribution < 1.29 is 0 Å². The second-order valence-corrected chi connectivity index (χ2v) is 7.17. The van der Waals surface area contributed by atoms with Gasteiger partial charge in [-0.15, -0.1) is 11.3 Å². The van der Waals surface area contributed by atoms with Crippen molar-refractivity contribution in [1.29, 1.82) is 0 Å². The van der Waals surface area contributed by atoms with Crippen LogP contribution in [0.3, 0.4) is 0 Å². The maximum absolute atomic E-state index is 4.66. The molecule has 0 unspecified atom stereocenters. The molecular formula is C19H17N5S. The Morgan fingerprint density at radius 3 is 2.84 bits per heavy atom. The molecular weight excluding hydrogens is 330 g/mol. The Morgan fingerprint density at radius 2 is 1.96 bits per heavy atom. The minimum absolute atomic E-state index is 0.798. The molecule has 4 heterocycles. The molecule has 1 aromatic carbocycles. The van der Waals surface area contributed by atoms with Crippen molar-refractivity contribution in [2.24, 2.45) is 7.05 Å². The van der Waals surface area contributed by atoms with Gasteiger partial charge in [0.1, 0.15) is 17.0 Å². The van der Waals surface area contributed by atoms with Gasteiger partial charge in [-0.1, -0.05) is 30.3 Å². The Balaban J connectivity index is 1.64. The van der Waals surface area contributed by atoms with Crippen molar-refractivity contribution in [2.75, 3.05) is 11.4 Å². The van der Waals surface area contributed by atoms with E-state index in [9.17, 15) is 0 Å². The number of rotatable bonds is 2. The van der Waals surface area contributed by atoms with Gasteiger partial charge in [-0.2, -0.15) is 0 Å². The number of thiophene rings is 1. The van der Waals surface area contributed by atoms with E-state index < -0.39 is 0 Å². The summed E-state index contributed by atoms with van der Waals surface area (Å²) < 4.78 is 2.13. The first kappa shape index (κ1) is 14.6. The lowest BCUT2D eigenvalue weighted by atomic mass is 10.1. The van der Waals surface area contributed by atoms with Gasteiger partial charge in [0.2, 0.25) is 0 Å². The summed E-state index contributed by atoms with van der Waals surface area (Å²) in [5.74, 6) is 1.02. The summed E-state index contributed by atoms with van der Waals surface area (Å²) in [4.78, 5) is 17.1. The van der Waals surface area contributed by atoms with Gasteiger partial charge in [-0.05, 0) is 5.56 Å². The van der Waals surface area contributed by atoms with Crippen LogP contribution in [0.1, 0.15) is 11.4 Å². The minimum Gasteiger partial charge on any atom is -0.350 e. The lowest BCUT2D eigenvalue weighted by Gasteiger charge is -2.28. The number of aryl methyl sites for hydroxylation is 1. The van der Waals surface area contributed by atoms with E-state index in [1.807, 2.05) is 12.4 Å². The van der Waals surface area contributed by atoms with Gasteiger partial charge >= 0.3 is 0 Å². The van der Waals surface area contributed by atoms with E-state index in [0.29, 0.717) is 0 Å². The zero-order valence-electron chi connectivity index (χ0n) is 13.9. The fraction of sp³-hybridized carbons (Fsp3) is 0.211. The number of anilines is 1. The van der Waals surface area contributed by atoms with Crippen LogP contribution in [-0.2, 0) is 20.0 Å². The number of hydrogen-bond acceptors (Lipinski definition) is 5. The molecule has 0 saturated heterocycles. The average Bonchev–Trinajstić information content (AvgIpc) is 3.26. The van der Waals surface area contributed by atoms with Gasteiger partial charge in [0.05, 0.1) is 24.0 Å². The van der Waals surface area contributed by atoms with Gasteiger partial charge < -0.3 is 9.47 Å². The number of imidazole rings is 1. The maximum Gasteiger partial charge on any atom is 0.141 e. The molecule has 5 rings (SSSR count). The van der Waals surface area contributed by atoms with Crippen LogP contribution in [0.25, 0.3) is 21.3 Å². The highest BCUT2D eigenvalue weighted by atomic mass is 32.1. The van der Waals surface area contributed by atoms with Crippen molar-refractivity contribution in [3.8, 4) is 11.1 Å². The molecule has 0 amide bonds. The zero-order chi connectivity index (χ0) is 16.8. The van der Waals surface area contributed by atoms with Crippen LogP contribution in [0.5, 0.6) is 0 Å². The Hall–Kier alpha value is -2.73. The van der Waals surface area contributed by atoms with E-state index in [4.69, 9.17) is 0 Å². The van der Waals surface area contributed by atoms with Crippen LogP contribution in [0, 0.1) is 0 Å². The smallest absolute Gasteiger partial charge is 0.141 e. The summed E-state index contributed by atoms with van der Waals surface area (Å²) in [6.45, 7) is 1.75. The summed E-state index contributed by atoms with van der Waals surface area (Å²) in [5.41, 5.74) is 4.90. The third-order valence-electron chi connectivity index (χ3n) is 4.84. The first-order chi connectivity index (χ1) is 12.3. The molecule has 4 aromatic rings. The van der Waals surface area contributed by atoms with Crippen LogP contribution in [0.4, 0.5) is 5.82 Å². The first-order valence-electron chi connectivity index (χ1n) is 8.33. The Labute approximate surface area is 149 Å². The third-order valence-corrected chi connectivity index (χ3v) is 5.73. The van der Waals surface area contributed by atoms with E-state index in [2.05, 4.69) is 61.1 Å². The molecule has 1 aliphatic heterocycles. The lowest BCUT2D eigenvalue weighted by Crippen LogP contribution is -2.31. The lowest BCUT2D eigenvalue weighted by molar-refractivity contribution is 0.678.